The summed E-state index contributed by atoms with van der Waals surface area (Å²) < 4.78 is 0. The zero-order valence-corrected chi connectivity index (χ0v) is 12.4. The lowest BCUT2D eigenvalue weighted by Crippen LogP contribution is -2.56. The molecule has 2 heterocycles. The lowest BCUT2D eigenvalue weighted by Gasteiger charge is -2.35. The van der Waals surface area contributed by atoms with Crippen molar-refractivity contribution in [1.29, 1.82) is 0 Å². The number of nitrogens with zero attached hydrogens (tertiary/aromatic N) is 2. The fourth-order valence-electron chi connectivity index (χ4n) is 3.02. The predicted octanol–water partition coefficient (Wildman–Crippen LogP) is 1.90. The number of aromatic nitrogens is 2. The van der Waals surface area contributed by atoms with Gasteiger partial charge in [-0.3, -0.25) is 0 Å². The zero-order chi connectivity index (χ0) is 15.5. The van der Waals surface area contributed by atoms with Gasteiger partial charge >= 0.3 is 12.0 Å². The van der Waals surface area contributed by atoms with Crippen LogP contribution in [0.15, 0.2) is 12.4 Å². The van der Waals surface area contributed by atoms with E-state index in [0.717, 1.165) is 12.8 Å². The van der Waals surface area contributed by atoms with Gasteiger partial charge in [-0.1, -0.05) is 13.3 Å². The van der Waals surface area contributed by atoms with E-state index in [1.54, 1.807) is 12.4 Å². The fraction of sp³-hybridized carbons (Fsp3) is 0.643. The first kappa shape index (κ1) is 15.3. The predicted molar refractivity (Wildman–Crippen MR) is 76.7 cm³/mol. The van der Waals surface area contributed by atoms with Crippen molar-refractivity contribution >= 4 is 12.0 Å². The molecule has 0 aliphatic carbocycles. The highest BCUT2D eigenvalue weighted by atomic mass is 16.4. The van der Waals surface area contributed by atoms with E-state index in [1.165, 1.54) is 4.90 Å². The number of rotatable bonds is 5. The van der Waals surface area contributed by atoms with E-state index in [-0.39, 0.29) is 12.1 Å². The van der Waals surface area contributed by atoms with Crippen LogP contribution >= 0.6 is 0 Å². The number of carbonyl (C=O) groups excluding carboxylic acids is 1. The molecule has 1 aromatic rings. The third-order valence-electron chi connectivity index (χ3n) is 4.07. The Labute approximate surface area is 123 Å². The SMILES string of the molecule is CCCC1(C(=O)O)CCCN1C(=O)NC(C)c1ncc[nH]1. The van der Waals surface area contributed by atoms with E-state index in [4.69, 9.17) is 0 Å². The van der Waals surface area contributed by atoms with Crippen LogP contribution in [0.2, 0.25) is 0 Å². The minimum atomic E-state index is -1.07. The number of H-pyrrole nitrogens is 1. The molecule has 0 spiro atoms. The van der Waals surface area contributed by atoms with Crippen LogP contribution in [0.25, 0.3) is 0 Å². The van der Waals surface area contributed by atoms with Gasteiger partial charge in [-0.15, -0.1) is 0 Å². The third kappa shape index (κ3) is 2.86. The molecule has 1 aliphatic heterocycles. The number of nitrogens with one attached hydrogen (secondary N) is 2. The molecule has 2 atom stereocenters. The quantitative estimate of drug-likeness (QED) is 0.772. The third-order valence-corrected chi connectivity index (χ3v) is 4.07. The summed E-state index contributed by atoms with van der Waals surface area (Å²) >= 11 is 0. The summed E-state index contributed by atoms with van der Waals surface area (Å²) in [4.78, 5) is 32.7. The average molecular weight is 294 g/mol. The van der Waals surface area contributed by atoms with Crippen molar-refractivity contribution in [2.75, 3.05) is 6.54 Å². The Kier molecular flexibility index (Phi) is 4.50. The number of aromatic amines is 1. The Bertz CT molecular complexity index is 502. The number of aliphatic carboxylic acids is 1. The van der Waals surface area contributed by atoms with Crippen LogP contribution in [-0.4, -0.2) is 44.1 Å². The number of amides is 2. The summed E-state index contributed by atoms with van der Waals surface area (Å²) in [5, 5.41) is 12.4. The van der Waals surface area contributed by atoms with Gasteiger partial charge in [0.15, 0.2) is 0 Å². The molecular formula is C14H22N4O3. The van der Waals surface area contributed by atoms with Gasteiger partial charge < -0.3 is 20.3 Å². The summed E-state index contributed by atoms with van der Waals surface area (Å²) in [6.07, 6.45) is 5.74. The van der Waals surface area contributed by atoms with Gasteiger partial charge in [0.05, 0.1) is 6.04 Å². The van der Waals surface area contributed by atoms with E-state index < -0.39 is 11.5 Å². The Morgan fingerprint density at radius 2 is 2.38 bits per heavy atom. The highest BCUT2D eigenvalue weighted by Crippen LogP contribution is 2.34. The standard InChI is InChI=1S/C14H22N4O3/c1-3-5-14(12(19)20)6-4-9-18(14)13(21)17-10(2)11-15-7-8-16-11/h7-8,10H,3-6,9H2,1-2H3,(H,15,16)(H,17,21)(H,19,20). The number of hydrogen-bond acceptors (Lipinski definition) is 3. The molecule has 3 N–H and O–H groups in total. The second-order valence-electron chi connectivity index (χ2n) is 5.49. The summed E-state index contributed by atoms with van der Waals surface area (Å²) in [7, 11) is 0. The lowest BCUT2D eigenvalue weighted by atomic mass is 9.91. The number of likely N-dealkylation sites (tertiary alicyclic amines) is 1. The van der Waals surface area contributed by atoms with Gasteiger partial charge in [-0.2, -0.15) is 0 Å². The molecule has 0 saturated carbocycles. The summed E-state index contributed by atoms with van der Waals surface area (Å²) in [5.74, 6) is -0.262. The van der Waals surface area contributed by atoms with E-state index in [9.17, 15) is 14.7 Å². The number of carboxylic acid groups (broad SMARTS) is 1. The highest BCUT2D eigenvalue weighted by molar-refractivity contribution is 5.87. The van der Waals surface area contributed by atoms with Crippen molar-refractivity contribution in [2.24, 2.45) is 0 Å². The minimum Gasteiger partial charge on any atom is -0.479 e. The monoisotopic (exact) mass is 294 g/mol. The summed E-state index contributed by atoms with van der Waals surface area (Å²) in [6.45, 7) is 4.22. The first-order valence-corrected chi connectivity index (χ1v) is 7.32. The van der Waals surface area contributed by atoms with Crippen LogP contribution in [0.4, 0.5) is 4.79 Å². The number of imidazole rings is 1. The number of carbonyl (C=O) groups is 2. The van der Waals surface area contributed by atoms with Crippen molar-refractivity contribution in [3.05, 3.63) is 18.2 Å². The van der Waals surface area contributed by atoms with E-state index in [1.807, 2.05) is 13.8 Å². The van der Waals surface area contributed by atoms with Crippen LogP contribution in [-0.2, 0) is 4.79 Å². The van der Waals surface area contributed by atoms with Crippen molar-refractivity contribution in [1.82, 2.24) is 20.2 Å². The first-order chi connectivity index (χ1) is 10.0. The molecule has 2 rings (SSSR count). The van der Waals surface area contributed by atoms with Gasteiger partial charge in [0.25, 0.3) is 0 Å². The van der Waals surface area contributed by atoms with Gasteiger partial charge in [0.1, 0.15) is 11.4 Å². The lowest BCUT2D eigenvalue weighted by molar-refractivity contribution is -0.148. The largest absolute Gasteiger partial charge is 0.479 e. The maximum Gasteiger partial charge on any atom is 0.329 e. The zero-order valence-electron chi connectivity index (χ0n) is 12.4. The minimum absolute atomic E-state index is 0.291. The van der Waals surface area contributed by atoms with E-state index in [0.29, 0.717) is 25.2 Å². The normalized spacial score (nSPS) is 23.0. The van der Waals surface area contributed by atoms with Gasteiger partial charge in [-0.25, -0.2) is 14.6 Å². The Morgan fingerprint density at radius 3 is 2.95 bits per heavy atom. The van der Waals surface area contributed by atoms with Crippen LogP contribution in [0.1, 0.15) is 51.4 Å². The second-order valence-corrected chi connectivity index (χ2v) is 5.49. The van der Waals surface area contributed by atoms with Crippen LogP contribution in [0.5, 0.6) is 0 Å². The second kappa shape index (κ2) is 6.15. The molecule has 1 saturated heterocycles. The highest BCUT2D eigenvalue weighted by Gasteiger charge is 2.49. The molecule has 7 heteroatoms. The first-order valence-electron chi connectivity index (χ1n) is 7.32. The molecule has 0 aromatic carbocycles. The average Bonchev–Trinajstić information content (AvgIpc) is 3.08. The molecule has 21 heavy (non-hydrogen) atoms. The van der Waals surface area contributed by atoms with Gasteiger partial charge in [-0.05, 0) is 26.2 Å². The molecule has 1 aromatic heterocycles. The maximum absolute atomic E-state index is 12.5. The molecular weight excluding hydrogens is 272 g/mol. The Hall–Kier alpha value is -2.05. The topological polar surface area (TPSA) is 98.3 Å². The maximum atomic E-state index is 12.5. The van der Waals surface area contributed by atoms with Crippen molar-refractivity contribution in [2.45, 2.75) is 51.1 Å². The molecule has 7 nitrogen and oxygen atoms in total. The van der Waals surface area contributed by atoms with Gasteiger partial charge in [0, 0.05) is 18.9 Å². The fourth-order valence-corrected chi connectivity index (χ4v) is 3.02. The Balaban J connectivity index is 2.11. The van der Waals surface area contributed by atoms with E-state index in [2.05, 4.69) is 15.3 Å². The van der Waals surface area contributed by atoms with Crippen molar-refractivity contribution in [3.8, 4) is 0 Å². The number of hydrogen-bond donors (Lipinski definition) is 3. The van der Waals surface area contributed by atoms with Crippen molar-refractivity contribution in [3.63, 3.8) is 0 Å². The van der Waals surface area contributed by atoms with Gasteiger partial charge in [0.2, 0.25) is 0 Å². The molecule has 1 fully saturated rings. The van der Waals surface area contributed by atoms with Crippen LogP contribution in [0.3, 0.4) is 0 Å². The molecule has 0 bridgehead atoms. The molecule has 2 unspecified atom stereocenters. The number of carboxylic acids is 1. The summed E-state index contributed by atoms with van der Waals surface area (Å²) in [5.41, 5.74) is -1.07. The summed E-state index contributed by atoms with van der Waals surface area (Å²) in [6, 6.07) is -0.631. The smallest absolute Gasteiger partial charge is 0.329 e. The molecule has 0 radical (unpaired) electrons. The van der Waals surface area contributed by atoms with Crippen molar-refractivity contribution < 1.29 is 14.7 Å². The molecule has 116 valence electrons. The Morgan fingerprint density at radius 1 is 1.62 bits per heavy atom. The number of urea groups is 1. The molecule has 1 aliphatic rings. The van der Waals surface area contributed by atoms with Crippen LogP contribution in [0, 0.1) is 0 Å². The van der Waals surface area contributed by atoms with E-state index >= 15 is 0 Å². The van der Waals surface area contributed by atoms with Crippen LogP contribution < -0.4 is 5.32 Å². The molecule has 2 amide bonds.